The normalized spacial score (nSPS) is 10.0. The van der Waals surface area contributed by atoms with Gasteiger partial charge in [0.25, 0.3) is 0 Å². The quantitative estimate of drug-likeness (QED) is 0.770. The third kappa shape index (κ3) is 3.64. The van der Waals surface area contributed by atoms with Crippen LogP contribution in [0.1, 0.15) is 11.1 Å². The topological polar surface area (TPSA) is 18.5 Å². The number of aryl methyl sites for hydroxylation is 2. The summed E-state index contributed by atoms with van der Waals surface area (Å²) in [5, 5.41) is 0. The Morgan fingerprint density at radius 1 is 0.647 bits per heavy atom. The smallest absolute Gasteiger partial charge is 0.427 e. The van der Waals surface area contributed by atoms with Gasteiger partial charge >= 0.3 is 10.0 Å². The molecular weight excluding hydrogens is 228 g/mol. The SMILES string of the molecule is Cc1ccc(O[SiH2]Oc2ccc(C)cc2)cc1. The molecule has 0 aromatic heterocycles. The molecule has 0 N–H and O–H groups in total. The van der Waals surface area contributed by atoms with Crippen LogP contribution in [0.5, 0.6) is 11.5 Å². The van der Waals surface area contributed by atoms with E-state index in [0.717, 1.165) is 11.5 Å². The Labute approximate surface area is 104 Å². The van der Waals surface area contributed by atoms with Gasteiger partial charge in [-0.25, -0.2) is 0 Å². The third-order valence-corrected chi connectivity index (χ3v) is 3.40. The summed E-state index contributed by atoms with van der Waals surface area (Å²) in [6.45, 7) is 4.12. The number of benzene rings is 2. The second kappa shape index (κ2) is 5.55. The van der Waals surface area contributed by atoms with Crippen LogP contribution in [0, 0.1) is 13.8 Å². The predicted octanol–water partition coefficient (Wildman–Crippen LogP) is 2.76. The zero-order chi connectivity index (χ0) is 12.1. The fraction of sp³-hybridized carbons (Fsp3) is 0.143. The third-order valence-electron chi connectivity index (χ3n) is 2.49. The van der Waals surface area contributed by atoms with E-state index in [1.807, 2.05) is 48.5 Å². The van der Waals surface area contributed by atoms with Crippen molar-refractivity contribution >= 4 is 10.0 Å². The van der Waals surface area contributed by atoms with Gasteiger partial charge in [-0.15, -0.1) is 0 Å². The Balaban J connectivity index is 1.83. The van der Waals surface area contributed by atoms with Crippen LogP contribution in [0.4, 0.5) is 0 Å². The lowest BCUT2D eigenvalue weighted by atomic mass is 10.2. The molecule has 0 aliphatic rings. The van der Waals surface area contributed by atoms with Crippen molar-refractivity contribution in [3.05, 3.63) is 59.7 Å². The van der Waals surface area contributed by atoms with Crippen LogP contribution >= 0.6 is 0 Å². The molecule has 0 bridgehead atoms. The first kappa shape index (κ1) is 11.7. The van der Waals surface area contributed by atoms with Gasteiger partial charge in [0.1, 0.15) is 11.5 Å². The van der Waals surface area contributed by atoms with E-state index in [2.05, 4.69) is 13.8 Å². The summed E-state index contributed by atoms with van der Waals surface area (Å²) in [7, 11) is -1.01. The van der Waals surface area contributed by atoms with Crippen molar-refractivity contribution < 1.29 is 8.85 Å². The lowest BCUT2D eigenvalue weighted by molar-refractivity contribution is 0.459. The van der Waals surface area contributed by atoms with Gasteiger partial charge in [0, 0.05) is 0 Å². The minimum atomic E-state index is -1.01. The van der Waals surface area contributed by atoms with Gasteiger partial charge in [-0.3, -0.25) is 0 Å². The molecule has 3 heteroatoms. The zero-order valence-corrected chi connectivity index (χ0v) is 11.6. The van der Waals surface area contributed by atoms with Crippen molar-refractivity contribution in [3.8, 4) is 11.5 Å². The standard InChI is InChI=1S/C14H16O2Si/c1-11-3-7-13(8-4-11)15-17-16-14-9-5-12(2)6-10-14/h3-10H,17H2,1-2H3. The molecule has 88 valence electrons. The lowest BCUT2D eigenvalue weighted by Crippen LogP contribution is -2.10. The van der Waals surface area contributed by atoms with Gasteiger partial charge in [-0.1, -0.05) is 35.4 Å². The first-order valence-corrected chi connectivity index (χ1v) is 6.78. The molecule has 0 aliphatic carbocycles. The van der Waals surface area contributed by atoms with E-state index in [4.69, 9.17) is 8.85 Å². The molecule has 0 heterocycles. The molecule has 2 nitrogen and oxygen atoms in total. The van der Waals surface area contributed by atoms with Crippen molar-refractivity contribution in [1.82, 2.24) is 0 Å². The van der Waals surface area contributed by atoms with E-state index in [1.165, 1.54) is 11.1 Å². The van der Waals surface area contributed by atoms with Crippen molar-refractivity contribution in [2.24, 2.45) is 0 Å². The highest BCUT2D eigenvalue weighted by atomic mass is 28.3. The Morgan fingerprint density at radius 3 is 1.35 bits per heavy atom. The maximum Gasteiger partial charge on any atom is 0.427 e. The summed E-state index contributed by atoms with van der Waals surface area (Å²) in [5.41, 5.74) is 2.47. The number of hydrogen-bond acceptors (Lipinski definition) is 2. The molecule has 17 heavy (non-hydrogen) atoms. The van der Waals surface area contributed by atoms with Crippen molar-refractivity contribution in [2.75, 3.05) is 0 Å². The monoisotopic (exact) mass is 244 g/mol. The van der Waals surface area contributed by atoms with Crippen LogP contribution in [0.25, 0.3) is 0 Å². The maximum atomic E-state index is 5.61. The minimum absolute atomic E-state index is 0.884. The van der Waals surface area contributed by atoms with E-state index in [-0.39, 0.29) is 0 Å². The van der Waals surface area contributed by atoms with Crippen LogP contribution < -0.4 is 8.85 Å². The molecule has 2 aromatic rings. The number of hydrogen-bond donors (Lipinski definition) is 0. The first-order chi connectivity index (χ1) is 8.24. The summed E-state index contributed by atoms with van der Waals surface area (Å²) < 4.78 is 11.2. The van der Waals surface area contributed by atoms with Gasteiger partial charge in [0.2, 0.25) is 0 Å². The van der Waals surface area contributed by atoms with E-state index in [0.29, 0.717) is 0 Å². The van der Waals surface area contributed by atoms with Crippen LogP contribution in [-0.2, 0) is 0 Å². The Morgan fingerprint density at radius 2 is 1.00 bits per heavy atom. The Bertz CT molecular complexity index is 417. The molecule has 0 radical (unpaired) electrons. The highest BCUT2D eigenvalue weighted by molar-refractivity contribution is 6.20. The van der Waals surface area contributed by atoms with E-state index < -0.39 is 10.0 Å². The highest BCUT2D eigenvalue weighted by Gasteiger charge is 1.96. The van der Waals surface area contributed by atoms with Gasteiger partial charge in [0.05, 0.1) is 0 Å². The summed E-state index contributed by atoms with van der Waals surface area (Å²) >= 11 is 0. The second-order valence-electron chi connectivity index (χ2n) is 4.03. The molecule has 0 unspecified atom stereocenters. The molecule has 0 saturated carbocycles. The Hall–Kier alpha value is -1.74. The van der Waals surface area contributed by atoms with E-state index in [1.54, 1.807) is 0 Å². The molecule has 0 saturated heterocycles. The van der Waals surface area contributed by atoms with Gasteiger partial charge in [0.15, 0.2) is 0 Å². The van der Waals surface area contributed by atoms with Gasteiger partial charge in [-0.05, 0) is 38.1 Å². The van der Waals surface area contributed by atoms with Crippen molar-refractivity contribution in [1.29, 1.82) is 0 Å². The van der Waals surface area contributed by atoms with Crippen LogP contribution in [0.15, 0.2) is 48.5 Å². The van der Waals surface area contributed by atoms with E-state index >= 15 is 0 Å². The average Bonchev–Trinajstić information content (AvgIpc) is 2.34. The lowest BCUT2D eigenvalue weighted by Gasteiger charge is -2.08. The fourth-order valence-electron chi connectivity index (χ4n) is 1.43. The first-order valence-electron chi connectivity index (χ1n) is 5.63. The van der Waals surface area contributed by atoms with Gasteiger partial charge in [-0.2, -0.15) is 0 Å². The van der Waals surface area contributed by atoms with Crippen molar-refractivity contribution in [3.63, 3.8) is 0 Å². The second-order valence-corrected chi connectivity index (χ2v) is 4.85. The minimum Gasteiger partial charge on any atom is -0.516 e. The largest absolute Gasteiger partial charge is 0.516 e. The molecule has 2 rings (SSSR count). The van der Waals surface area contributed by atoms with Crippen LogP contribution in [0.2, 0.25) is 0 Å². The summed E-state index contributed by atoms with van der Waals surface area (Å²) in [6.07, 6.45) is 0. The highest BCUT2D eigenvalue weighted by Crippen LogP contribution is 2.13. The summed E-state index contributed by atoms with van der Waals surface area (Å²) in [4.78, 5) is 0. The molecule has 0 atom stereocenters. The molecular formula is C14H16O2Si. The van der Waals surface area contributed by atoms with Crippen LogP contribution in [0.3, 0.4) is 0 Å². The molecule has 0 aliphatic heterocycles. The predicted molar refractivity (Wildman–Crippen MR) is 72.2 cm³/mol. The van der Waals surface area contributed by atoms with Crippen molar-refractivity contribution in [2.45, 2.75) is 13.8 Å². The average molecular weight is 244 g/mol. The summed E-state index contributed by atoms with van der Waals surface area (Å²) in [6, 6.07) is 16.0. The van der Waals surface area contributed by atoms with E-state index in [9.17, 15) is 0 Å². The van der Waals surface area contributed by atoms with Crippen LogP contribution in [-0.4, -0.2) is 10.0 Å². The number of rotatable bonds is 4. The maximum absolute atomic E-state index is 5.61. The fourth-order valence-corrected chi connectivity index (χ4v) is 2.15. The van der Waals surface area contributed by atoms with Gasteiger partial charge < -0.3 is 8.85 Å². The molecule has 0 amide bonds. The Kier molecular flexibility index (Phi) is 3.83. The molecule has 2 aromatic carbocycles. The molecule has 0 spiro atoms. The zero-order valence-electron chi connectivity index (χ0n) is 10.1. The summed E-state index contributed by atoms with van der Waals surface area (Å²) in [5.74, 6) is 1.77. The molecule has 0 fully saturated rings.